The molecule has 0 aliphatic carbocycles. The largest absolute Gasteiger partial charge is 0.358 e. The fourth-order valence-corrected chi connectivity index (χ4v) is 3.82. The van der Waals surface area contributed by atoms with E-state index in [2.05, 4.69) is 56.1 Å². The first kappa shape index (κ1) is 19.5. The lowest BCUT2D eigenvalue weighted by Gasteiger charge is -2.32. The Kier molecular flexibility index (Phi) is 6.44. The number of hydrogen-bond acceptors (Lipinski definition) is 4. The summed E-state index contributed by atoms with van der Waals surface area (Å²) in [5.74, 6) is 0. The number of piperidine rings is 1. The molecule has 2 aromatic carbocycles. The van der Waals surface area contributed by atoms with Gasteiger partial charge in [0.05, 0.1) is 17.4 Å². The molecule has 148 valence electrons. The monoisotopic (exact) mass is 403 g/mol. The van der Waals surface area contributed by atoms with Crippen LogP contribution in [0.25, 0.3) is 10.9 Å². The van der Waals surface area contributed by atoms with Gasteiger partial charge in [-0.25, -0.2) is 4.98 Å². The summed E-state index contributed by atoms with van der Waals surface area (Å²) in [6, 6.07) is 23.1. The Hall–Kier alpha value is -2.83. The van der Waals surface area contributed by atoms with Gasteiger partial charge in [0.25, 0.3) is 0 Å². The van der Waals surface area contributed by atoms with Crippen LogP contribution in [0, 0.1) is 0 Å². The number of hydrazone groups is 1. The lowest BCUT2D eigenvalue weighted by Crippen LogP contribution is -2.46. The van der Waals surface area contributed by atoms with Crippen LogP contribution in [-0.4, -0.2) is 40.3 Å². The minimum absolute atomic E-state index is 0.385. The van der Waals surface area contributed by atoms with Gasteiger partial charge in [0.2, 0.25) is 0 Å². The van der Waals surface area contributed by atoms with E-state index in [9.17, 15) is 0 Å². The number of likely N-dealkylation sites (tertiary alicyclic amines) is 1. The number of para-hydroxylation sites is 1. The molecule has 1 aliphatic heterocycles. The van der Waals surface area contributed by atoms with Gasteiger partial charge in [-0.2, -0.15) is 5.10 Å². The van der Waals surface area contributed by atoms with Crippen LogP contribution in [0.5, 0.6) is 0 Å². The van der Waals surface area contributed by atoms with Crippen LogP contribution >= 0.6 is 12.2 Å². The molecule has 0 atom stereocenters. The number of pyridine rings is 1. The second-order valence-electron chi connectivity index (χ2n) is 7.31. The molecule has 1 aromatic heterocycles. The second-order valence-corrected chi connectivity index (χ2v) is 7.72. The Balaban J connectivity index is 1.21. The third kappa shape index (κ3) is 5.59. The van der Waals surface area contributed by atoms with Crippen molar-refractivity contribution in [3.8, 4) is 0 Å². The lowest BCUT2D eigenvalue weighted by atomic mass is 10.0. The SMILES string of the molecule is S=C(N/N=C/c1ccc2ccccc2n1)NC1CCN(Cc2ccccc2)CC1. The summed E-state index contributed by atoms with van der Waals surface area (Å²) in [5.41, 5.74) is 6.04. The van der Waals surface area contributed by atoms with E-state index in [1.165, 1.54) is 5.56 Å². The minimum Gasteiger partial charge on any atom is -0.358 e. The molecule has 1 saturated heterocycles. The molecule has 0 spiro atoms. The first-order valence-electron chi connectivity index (χ1n) is 9.98. The van der Waals surface area contributed by atoms with Crippen LogP contribution in [0.4, 0.5) is 0 Å². The normalized spacial score (nSPS) is 15.6. The summed E-state index contributed by atoms with van der Waals surface area (Å²) in [6.07, 6.45) is 3.85. The summed E-state index contributed by atoms with van der Waals surface area (Å²) in [4.78, 5) is 7.07. The van der Waals surface area contributed by atoms with Crippen molar-refractivity contribution >= 4 is 34.4 Å². The number of thiocarbonyl (C=S) groups is 1. The van der Waals surface area contributed by atoms with Gasteiger partial charge in [-0.05, 0) is 42.8 Å². The molecule has 29 heavy (non-hydrogen) atoms. The smallest absolute Gasteiger partial charge is 0.187 e. The van der Waals surface area contributed by atoms with Gasteiger partial charge in [-0.3, -0.25) is 10.3 Å². The fraction of sp³-hybridized carbons (Fsp3) is 0.261. The number of benzene rings is 2. The summed E-state index contributed by atoms with van der Waals surface area (Å²) in [5, 5.41) is 9.29. The lowest BCUT2D eigenvalue weighted by molar-refractivity contribution is 0.199. The molecule has 5 nitrogen and oxygen atoms in total. The third-order valence-corrected chi connectivity index (χ3v) is 5.36. The van der Waals surface area contributed by atoms with Gasteiger partial charge in [0.15, 0.2) is 5.11 Å². The van der Waals surface area contributed by atoms with Crippen LogP contribution in [0.2, 0.25) is 0 Å². The molecule has 6 heteroatoms. The highest BCUT2D eigenvalue weighted by atomic mass is 32.1. The molecule has 1 aliphatic rings. The summed E-state index contributed by atoms with van der Waals surface area (Å²) >= 11 is 5.39. The molecule has 2 heterocycles. The van der Waals surface area contributed by atoms with E-state index in [0.717, 1.165) is 49.1 Å². The summed E-state index contributed by atoms with van der Waals surface area (Å²) in [6.45, 7) is 3.15. The average molecular weight is 404 g/mol. The van der Waals surface area contributed by atoms with Gasteiger partial charge < -0.3 is 5.32 Å². The van der Waals surface area contributed by atoms with Gasteiger partial charge in [0, 0.05) is 31.1 Å². The number of aromatic nitrogens is 1. The molecule has 0 bridgehead atoms. The molecule has 1 fully saturated rings. The van der Waals surface area contributed by atoms with Crippen molar-refractivity contribution in [1.82, 2.24) is 20.6 Å². The fourth-order valence-electron chi connectivity index (χ4n) is 3.61. The van der Waals surface area contributed by atoms with Crippen LogP contribution in [0.15, 0.2) is 71.8 Å². The van der Waals surface area contributed by atoms with E-state index >= 15 is 0 Å². The zero-order valence-corrected chi connectivity index (χ0v) is 17.1. The first-order valence-corrected chi connectivity index (χ1v) is 10.4. The third-order valence-electron chi connectivity index (χ3n) is 5.15. The van der Waals surface area contributed by atoms with Crippen molar-refractivity contribution in [3.05, 3.63) is 78.0 Å². The van der Waals surface area contributed by atoms with Crippen LogP contribution in [0.3, 0.4) is 0 Å². The highest BCUT2D eigenvalue weighted by Crippen LogP contribution is 2.14. The Morgan fingerprint density at radius 1 is 1.03 bits per heavy atom. The van der Waals surface area contributed by atoms with Crippen LogP contribution in [-0.2, 0) is 6.54 Å². The van der Waals surface area contributed by atoms with Crippen molar-refractivity contribution in [2.24, 2.45) is 5.10 Å². The second kappa shape index (κ2) is 9.58. The maximum Gasteiger partial charge on any atom is 0.187 e. The van der Waals surface area contributed by atoms with Crippen molar-refractivity contribution in [1.29, 1.82) is 0 Å². The van der Waals surface area contributed by atoms with E-state index in [1.54, 1.807) is 6.21 Å². The zero-order valence-electron chi connectivity index (χ0n) is 16.3. The highest BCUT2D eigenvalue weighted by Gasteiger charge is 2.19. The van der Waals surface area contributed by atoms with Gasteiger partial charge in [-0.1, -0.05) is 54.6 Å². The van der Waals surface area contributed by atoms with Crippen LogP contribution < -0.4 is 10.7 Å². The number of hydrogen-bond donors (Lipinski definition) is 2. The maximum atomic E-state index is 5.39. The molecule has 0 amide bonds. The minimum atomic E-state index is 0.385. The number of fused-ring (bicyclic) bond motifs is 1. The first-order chi connectivity index (χ1) is 14.3. The zero-order chi connectivity index (χ0) is 19.9. The number of nitrogens with one attached hydrogen (secondary N) is 2. The number of nitrogens with zero attached hydrogens (tertiary/aromatic N) is 3. The van der Waals surface area contributed by atoms with Crippen molar-refractivity contribution < 1.29 is 0 Å². The van der Waals surface area contributed by atoms with E-state index in [0.29, 0.717) is 11.2 Å². The topological polar surface area (TPSA) is 52.6 Å². The Morgan fingerprint density at radius 2 is 1.79 bits per heavy atom. The quantitative estimate of drug-likeness (QED) is 0.387. The molecule has 0 unspecified atom stereocenters. The molecular formula is C23H25N5S. The van der Waals surface area contributed by atoms with E-state index in [1.807, 2.05) is 36.4 Å². The molecule has 0 radical (unpaired) electrons. The highest BCUT2D eigenvalue weighted by molar-refractivity contribution is 7.80. The van der Waals surface area contributed by atoms with Crippen molar-refractivity contribution in [2.75, 3.05) is 13.1 Å². The Morgan fingerprint density at radius 3 is 2.62 bits per heavy atom. The van der Waals surface area contributed by atoms with E-state index in [-0.39, 0.29) is 0 Å². The van der Waals surface area contributed by atoms with Crippen LogP contribution in [0.1, 0.15) is 24.1 Å². The van der Waals surface area contributed by atoms with E-state index < -0.39 is 0 Å². The summed E-state index contributed by atoms with van der Waals surface area (Å²) in [7, 11) is 0. The molecule has 2 N–H and O–H groups in total. The number of rotatable bonds is 5. The molecule has 4 rings (SSSR count). The van der Waals surface area contributed by atoms with Crippen molar-refractivity contribution in [2.45, 2.75) is 25.4 Å². The Labute approximate surface area is 176 Å². The standard InChI is InChI=1S/C23H25N5S/c29-23(27-24-16-21-11-10-19-8-4-5-9-22(19)25-21)26-20-12-14-28(15-13-20)17-18-6-2-1-3-7-18/h1-11,16,20H,12-15,17H2,(H2,26,27,29)/b24-16+. The molecule has 3 aromatic rings. The predicted octanol–water partition coefficient (Wildman–Crippen LogP) is 3.70. The molecule has 0 saturated carbocycles. The van der Waals surface area contributed by atoms with Gasteiger partial charge in [-0.15, -0.1) is 0 Å². The van der Waals surface area contributed by atoms with Gasteiger partial charge >= 0.3 is 0 Å². The summed E-state index contributed by atoms with van der Waals surface area (Å²) < 4.78 is 0. The maximum absolute atomic E-state index is 5.39. The Bertz CT molecular complexity index is 981. The predicted molar refractivity (Wildman–Crippen MR) is 123 cm³/mol. The molecular weight excluding hydrogens is 378 g/mol. The van der Waals surface area contributed by atoms with E-state index in [4.69, 9.17) is 12.2 Å². The van der Waals surface area contributed by atoms with Gasteiger partial charge in [0.1, 0.15) is 0 Å². The van der Waals surface area contributed by atoms with Crippen molar-refractivity contribution in [3.63, 3.8) is 0 Å². The average Bonchev–Trinajstić information content (AvgIpc) is 2.76.